The third kappa shape index (κ3) is 4.08. The number of carbonyl (C=O) groups is 1. The minimum atomic E-state index is -0.254. The maximum atomic E-state index is 13.5. The summed E-state index contributed by atoms with van der Waals surface area (Å²) in [6.45, 7) is 4.01. The summed E-state index contributed by atoms with van der Waals surface area (Å²) in [5.74, 6) is -0.113. The van der Waals surface area contributed by atoms with Crippen LogP contribution in [0.25, 0.3) is 22.3 Å². The molecule has 3 aromatic heterocycles. The van der Waals surface area contributed by atoms with Crippen LogP contribution in [0.5, 0.6) is 0 Å². The zero-order valence-corrected chi connectivity index (χ0v) is 20.0. The first-order valence-corrected chi connectivity index (χ1v) is 12.0. The van der Waals surface area contributed by atoms with Crippen molar-refractivity contribution in [2.75, 3.05) is 5.32 Å². The van der Waals surface area contributed by atoms with Crippen LogP contribution in [0.15, 0.2) is 66.7 Å². The molecule has 34 heavy (non-hydrogen) atoms. The van der Waals surface area contributed by atoms with Gasteiger partial charge in [0.1, 0.15) is 5.01 Å². The number of anilines is 1. The molecule has 1 N–H and O–H groups in total. The molecule has 1 amide bonds. The van der Waals surface area contributed by atoms with Gasteiger partial charge >= 0.3 is 0 Å². The minimum Gasteiger partial charge on any atom is -0.296 e. The highest BCUT2D eigenvalue weighted by Gasteiger charge is 2.22. The highest BCUT2D eigenvalue weighted by molar-refractivity contribution is 7.15. The lowest BCUT2D eigenvalue weighted by atomic mass is 9.97. The number of nitrogens with one attached hydrogen (secondary N) is 1. The Morgan fingerprint density at radius 3 is 2.47 bits per heavy atom. The molecule has 0 aliphatic carbocycles. The largest absolute Gasteiger partial charge is 0.296 e. The molecule has 170 valence electrons. The predicted molar refractivity (Wildman–Crippen MR) is 135 cm³/mol. The van der Waals surface area contributed by atoms with Crippen LogP contribution in [0.3, 0.4) is 0 Å². The highest BCUT2D eigenvalue weighted by Crippen LogP contribution is 2.32. The van der Waals surface area contributed by atoms with Crippen molar-refractivity contribution in [1.29, 1.82) is 0 Å². The summed E-state index contributed by atoms with van der Waals surface area (Å²) >= 11 is 1.41. The van der Waals surface area contributed by atoms with E-state index < -0.39 is 0 Å². The predicted octanol–water partition coefficient (Wildman–Crippen LogP) is 5.59. The third-order valence-corrected chi connectivity index (χ3v) is 6.80. The van der Waals surface area contributed by atoms with Gasteiger partial charge in [0.15, 0.2) is 5.65 Å². The fraction of sp³-hybridized carbons (Fsp3) is 0.192. The molecule has 0 saturated carbocycles. The minimum absolute atomic E-state index is 0.141. The van der Waals surface area contributed by atoms with Crippen LogP contribution >= 0.6 is 11.3 Å². The Balaban J connectivity index is 1.50. The lowest BCUT2D eigenvalue weighted by Gasteiger charge is -2.11. The number of amides is 1. The van der Waals surface area contributed by atoms with Crippen LogP contribution in [0.4, 0.5) is 5.13 Å². The highest BCUT2D eigenvalue weighted by atomic mass is 32.1. The summed E-state index contributed by atoms with van der Waals surface area (Å²) < 4.78 is 1.71. The number of aromatic nitrogens is 5. The van der Waals surface area contributed by atoms with Crippen molar-refractivity contribution in [2.24, 2.45) is 7.05 Å². The van der Waals surface area contributed by atoms with Gasteiger partial charge in [-0.25, -0.2) is 4.98 Å². The van der Waals surface area contributed by atoms with E-state index >= 15 is 0 Å². The number of rotatable bonds is 6. The first kappa shape index (κ1) is 21.9. The summed E-state index contributed by atoms with van der Waals surface area (Å²) in [5, 5.41) is 18.2. The molecule has 1 unspecified atom stereocenters. The number of carbonyl (C=O) groups excluding carboxylic acids is 1. The van der Waals surface area contributed by atoms with Crippen molar-refractivity contribution in [3.63, 3.8) is 0 Å². The van der Waals surface area contributed by atoms with E-state index in [1.807, 2.05) is 68.6 Å². The van der Waals surface area contributed by atoms with Gasteiger partial charge in [-0.2, -0.15) is 5.10 Å². The zero-order valence-electron chi connectivity index (χ0n) is 19.2. The molecule has 0 saturated heterocycles. The molecule has 7 nitrogen and oxygen atoms in total. The van der Waals surface area contributed by atoms with Crippen LogP contribution in [0.2, 0.25) is 0 Å². The number of hydrogen-bond acceptors (Lipinski definition) is 6. The summed E-state index contributed by atoms with van der Waals surface area (Å²) in [5.41, 5.74) is 4.77. The van der Waals surface area contributed by atoms with Crippen molar-refractivity contribution >= 4 is 33.4 Å². The number of pyridine rings is 1. The van der Waals surface area contributed by atoms with E-state index in [2.05, 4.69) is 39.7 Å². The first-order chi connectivity index (χ1) is 16.5. The second-order valence-electron chi connectivity index (χ2n) is 8.10. The Kier molecular flexibility index (Phi) is 5.90. The second kappa shape index (κ2) is 9.15. The SMILES string of the molecule is CCC(c1ccccc1)c1nnc(NC(=O)c2cc(-c3ccccc3)nc3c2c(C)nn3C)s1. The molecule has 0 spiro atoms. The van der Waals surface area contributed by atoms with Crippen molar-refractivity contribution in [3.05, 3.63) is 88.6 Å². The monoisotopic (exact) mass is 468 g/mol. The van der Waals surface area contributed by atoms with Gasteiger partial charge in [-0.3, -0.25) is 14.8 Å². The fourth-order valence-corrected chi connectivity index (χ4v) is 5.16. The third-order valence-electron chi connectivity index (χ3n) is 5.85. The molecule has 0 aliphatic heterocycles. The van der Waals surface area contributed by atoms with E-state index in [1.54, 1.807) is 4.68 Å². The summed E-state index contributed by atoms with van der Waals surface area (Å²) in [6.07, 6.45) is 0.896. The standard InChI is InChI=1S/C26H24N6OS/c1-4-19(17-11-7-5-8-12-17)25-29-30-26(34-25)28-24(33)20-15-21(18-13-9-6-10-14-18)27-23-22(20)16(2)31-32(23)3/h5-15,19H,4H2,1-3H3,(H,28,30,33). The smallest absolute Gasteiger partial charge is 0.258 e. The average Bonchev–Trinajstić information content (AvgIpc) is 3.44. The molecule has 2 aromatic carbocycles. The van der Waals surface area contributed by atoms with E-state index in [0.29, 0.717) is 22.0 Å². The molecule has 8 heteroatoms. The van der Waals surface area contributed by atoms with Gasteiger partial charge < -0.3 is 0 Å². The summed E-state index contributed by atoms with van der Waals surface area (Å²) in [6, 6.07) is 21.9. The molecule has 5 aromatic rings. The van der Waals surface area contributed by atoms with Crippen molar-refractivity contribution in [2.45, 2.75) is 26.2 Å². The molecule has 0 fully saturated rings. The normalized spacial score (nSPS) is 12.1. The molecule has 3 heterocycles. The number of benzene rings is 2. The maximum Gasteiger partial charge on any atom is 0.258 e. The van der Waals surface area contributed by atoms with Crippen molar-refractivity contribution < 1.29 is 4.79 Å². The van der Waals surface area contributed by atoms with E-state index in [4.69, 9.17) is 4.98 Å². The summed E-state index contributed by atoms with van der Waals surface area (Å²) in [4.78, 5) is 18.2. The average molecular weight is 469 g/mol. The summed E-state index contributed by atoms with van der Waals surface area (Å²) in [7, 11) is 1.84. The number of aryl methyl sites for hydroxylation is 2. The molecule has 0 aliphatic rings. The Morgan fingerprint density at radius 2 is 1.76 bits per heavy atom. The van der Waals surface area contributed by atoms with Gasteiger partial charge in [0.2, 0.25) is 5.13 Å². The Bertz CT molecular complexity index is 1460. The quantitative estimate of drug-likeness (QED) is 0.351. The van der Waals surface area contributed by atoms with Gasteiger partial charge in [0.05, 0.1) is 22.3 Å². The fourth-order valence-electron chi connectivity index (χ4n) is 4.21. The van der Waals surface area contributed by atoms with Crippen molar-refractivity contribution in [3.8, 4) is 11.3 Å². The number of fused-ring (bicyclic) bond motifs is 1. The van der Waals surface area contributed by atoms with Gasteiger partial charge in [0.25, 0.3) is 5.91 Å². The van der Waals surface area contributed by atoms with Gasteiger partial charge in [-0.05, 0) is 25.0 Å². The lowest BCUT2D eigenvalue weighted by molar-refractivity contribution is 0.102. The van der Waals surface area contributed by atoms with Crippen molar-refractivity contribution in [1.82, 2.24) is 25.0 Å². The van der Waals surface area contributed by atoms with E-state index in [-0.39, 0.29) is 11.8 Å². The zero-order chi connectivity index (χ0) is 23.7. The first-order valence-electron chi connectivity index (χ1n) is 11.1. The lowest BCUT2D eigenvalue weighted by Crippen LogP contribution is -2.13. The molecule has 0 bridgehead atoms. The molecule has 0 radical (unpaired) electrons. The molecule has 5 rings (SSSR count). The van der Waals surface area contributed by atoms with Crippen LogP contribution in [-0.2, 0) is 7.05 Å². The maximum absolute atomic E-state index is 13.5. The Labute approximate surface area is 201 Å². The molecule has 1 atom stereocenters. The molecular weight excluding hydrogens is 444 g/mol. The molecular formula is C26H24N6OS. The van der Waals surface area contributed by atoms with Gasteiger partial charge in [-0.15, -0.1) is 10.2 Å². The van der Waals surface area contributed by atoms with E-state index in [1.165, 1.54) is 16.9 Å². The second-order valence-corrected chi connectivity index (χ2v) is 9.11. The Hall–Kier alpha value is -3.91. The topological polar surface area (TPSA) is 85.6 Å². The van der Waals surface area contributed by atoms with Crippen LogP contribution in [0, 0.1) is 6.92 Å². The Morgan fingerprint density at radius 1 is 1.06 bits per heavy atom. The van der Waals surface area contributed by atoms with E-state index in [9.17, 15) is 4.79 Å². The van der Waals surface area contributed by atoms with Gasteiger partial charge in [-0.1, -0.05) is 78.9 Å². The van der Waals surface area contributed by atoms with Crippen LogP contribution in [0.1, 0.15) is 45.9 Å². The van der Waals surface area contributed by atoms with Crippen LogP contribution < -0.4 is 5.32 Å². The van der Waals surface area contributed by atoms with E-state index in [0.717, 1.165) is 28.1 Å². The number of hydrogen-bond donors (Lipinski definition) is 1. The van der Waals surface area contributed by atoms with Gasteiger partial charge in [0, 0.05) is 18.5 Å². The number of nitrogens with zero attached hydrogens (tertiary/aromatic N) is 5. The van der Waals surface area contributed by atoms with Crippen LogP contribution in [-0.4, -0.2) is 30.9 Å².